The van der Waals surface area contributed by atoms with Gasteiger partial charge in [0.2, 0.25) is 6.79 Å². The molecule has 7 nitrogen and oxygen atoms in total. The molecule has 0 unspecified atom stereocenters. The zero-order valence-corrected chi connectivity index (χ0v) is 20.6. The number of ether oxygens (including phenoxy) is 2. The number of carboxylic acid groups (broad SMARTS) is 1. The minimum Gasteiger partial charge on any atom is -0.481 e. The van der Waals surface area contributed by atoms with E-state index >= 15 is 0 Å². The molecule has 190 valence electrons. The number of benzene rings is 3. The van der Waals surface area contributed by atoms with Gasteiger partial charge in [0.15, 0.2) is 11.5 Å². The van der Waals surface area contributed by atoms with Crippen LogP contribution in [0.25, 0.3) is 11.1 Å². The Morgan fingerprint density at radius 2 is 1.65 bits per heavy atom. The lowest BCUT2D eigenvalue weighted by atomic mass is 9.77. The number of carbonyl (C=O) groups excluding carboxylic acids is 1. The molecular weight excluding hydrogens is 468 g/mol. The fourth-order valence-corrected chi connectivity index (χ4v) is 5.85. The molecule has 7 heteroatoms. The summed E-state index contributed by atoms with van der Waals surface area (Å²) in [6.45, 7) is 0.839. The normalized spacial score (nSPS) is 19.9. The number of amides is 2. The standard InChI is InChI=1S/C30H30N2O5/c33-29(34)15-19-1-3-20(4-2-19)21-5-7-22(8-6-21)23-9-11-26-24(16-23)13-14-32(26)30(35)31-25-10-12-27-28(17-25)37-18-36-27/h5-12,16-17,19-20H,1-4,13-15,18H2,(H,31,35)(H,33,34). The maximum Gasteiger partial charge on any atom is 0.326 e. The van der Waals surface area contributed by atoms with E-state index in [1.807, 2.05) is 12.1 Å². The topological polar surface area (TPSA) is 88.1 Å². The van der Waals surface area contributed by atoms with Crippen LogP contribution in [0.3, 0.4) is 0 Å². The molecule has 0 saturated heterocycles. The van der Waals surface area contributed by atoms with Gasteiger partial charge >= 0.3 is 12.0 Å². The molecule has 1 fully saturated rings. The van der Waals surface area contributed by atoms with Crippen LogP contribution in [0, 0.1) is 5.92 Å². The molecular formula is C30H30N2O5. The molecule has 1 saturated carbocycles. The fourth-order valence-electron chi connectivity index (χ4n) is 5.85. The van der Waals surface area contributed by atoms with E-state index in [4.69, 9.17) is 14.6 Å². The highest BCUT2D eigenvalue weighted by Crippen LogP contribution is 2.39. The molecule has 1 aliphatic carbocycles. The number of hydrogen-bond donors (Lipinski definition) is 2. The number of hydrogen-bond acceptors (Lipinski definition) is 4. The Balaban J connectivity index is 1.11. The number of nitrogens with zero attached hydrogens (tertiary/aromatic N) is 1. The molecule has 0 bridgehead atoms. The number of nitrogens with one attached hydrogen (secondary N) is 1. The average molecular weight is 499 g/mol. The first-order chi connectivity index (χ1) is 18.0. The Bertz CT molecular complexity index is 1330. The fraction of sp³-hybridized carbons (Fsp3) is 0.333. The van der Waals surface area contributed by atoms with Gasteiger partial charge in [0.1, 0.15) is 0 Å². The highest BCUT2D eigenvalue weighted by atomic mass is 16.7. The van der Waals surface area contributed by atoms with Crippen molar-refractivity contribution in [2.75, 3.05) is 23.6 Å². The molecule has 0 spiro atoms. The Kier molecular flexibility index (Phi) is 6.20. The molecule has 2 N–H and O–H groups in total. The van der Waals surface area contributed by atoms with Crippen LogP contribution in [-0.4, -0.2) is 30.4 Å². The van der Waals surface area contributed by atoms with Gasteiger partial charge in [-0.25, -0.2) is 4.79 Å². The Morgan fingerprint density at radius 3 is 2.43 bits per heavy atom. The maximum absolute atomic E-state index is 13.0. The second-order valence-corrected chi connectivity index (χ2v) is 10.2. The summed E-state index contributed by atoms with van der Waals surface area (Å²) in [7, 11) is 0. The van der Waals surface area contributed by atoms with Gasteiger partial charge < -0.3 is 19.9 Å². The van der Waals surface area contributed by atoms with E-state index in [0.717, 1.165) is 48.9 Å². The van der Waals surface area contributed by atoms with Crippen LogP contribution in [0.15, 0.2) is 60.7 Å². The Labute approximate surface area is 216 Å². The lowest BCUT2D eigenvalue weighted by Crippen LogP contribution is -2.33. The van der Waals surface area contributed by atoms with Crippen LogP contribution in [0.5, 0.6) is 11.5 Å². The van der Waals surface area contributed by atoms with Crippen molar-refractivity contribution in [1.82, 2.24) is 0 Å². The van der Waals surface area contributed by atoms with E-state index in [1.54, 1.807) is 17.0 Å². The molecule has 2 aliphatic heterocycles. The maximum atomic E-state index is 13.0. The van der Waals surface area contributed by atoms with Gasteiger partial charge in [-0.15, -0.1) is 0 Å². The van der Waals surface area contributed by atoms with E-state index < -0.39 is 5.97 Å². The summed E-state index contributed by atoms with van der Waals surface area (Å²) < 4.78 is 10.8. The van der Waals surface area contributed by atoms with Crippen molar-refractivity contribution in [2.45, 2.75) is 44.4 Å². The van der Waals surface area contributed by atoms with E-state index in [-0.39, 0.29) is 12.8 Å². The molecule has 0 atom stereocenters. The predicted molar refractivity (Wildman–Crippen MR) is 141 cm³/mol. The summed E-state index contributed by atoms with van der Waals surface area (Å²) in [5, 5.41) is 12.0. The molecule has 3 aliphatic rings. The first-order valence-electron chi connectivity index (χ1n) is 13.0. The van der Waals surface area contributed by atoms with Crippen LogP contribution in [0.2, 0.25) is 0 Å². The Hall–Kier alpha value is -4.00. The first kappa shape index (κ1) is 23.4. The van der Waals surface area contributed by atoms with Crippen molar-refractivity contribution >= 4 is 23.4 Å². The summed E-state index contributed by atoms with van der Waals surface area (Å²) in [5.41, 5.74) is 6.43. The summed E-state index contributed by atoms with van der Waals surface area (Å²) >= 11 is 0. The third-order valence-corrected chi connectivity index (χ3v) is 7.87. The lowest BCUT2D eigenvalue weighted by Gasteiger charge is -2.28. The SMILES string of the molecule is O=C(O)CC1CCC(c2ccc(-c3ccc4c(c3)CCN4C(=O)Nc3ccc4c(c3)OCO4)cc2)CC1. The first-order valence-corrected chi connectivity index (χ1v) is 13.0. The van der Waals surface area contributed by atoms with E-state index in [1.165, 1.54) is 11.1 Å². The number of fused-ring (bicyclic) bond motifs is 2. The average Bonchev–Trinajstić information content (AvgIpc) is 3.55. The van der Waals surface area contributed by atoms with Crippen LogP contribution in [-0.2, 0) is 11.2 Å². The quantitative estimate of drug-likeness (QED) is 0.423. The van der Waals surface area contributed by atoms with Gasteiger partial charge in [-0.1, -0.05) is 30.3 Å². The van der Waals surface area contributed by atoms with Crippen molar-refractivity contribution in [3.63, 3.8) is 0 Å². The summed E-state index contributed by atoms with van der Waals surface area (Å²) in [4.78, 5) is 25.8. The van der Waals surface area contributed by atoms with Crippen molar-refractivity contribution in [2.24, 2.45) is 5.92 Å². The number of urea groups is 1. The van der Waals surface area contributed by atoms with Gasteiger partial charge in [0.05, 0.1) is 0 Å². The van der Waals surface area contributed by atoms with Crippen LogP contribution < -0.4 is 19.7 Å². The second kappa shape index (κ2) is 9.81. The van der Waals surface area contributed by atoms with Crippen molar-refractivity contribution in [3.8, 4) is 22.6 Å². The molecule has 3 aromatic carbocycles. The highest BCUT2D eigenvalue weighted by Gasteiger charge is 2.26. The van der Waals surface area contributed by atoms with Crippen molar-refractivity contribution in [3.05, 3.63) is 71.8 Å². The third-order valence-electron chi connectivity index (χ3n) is 7.87. The number of carbonyl (C=O) groups is 2. The lowest BCUT2D eigenvalue weighted by molar-refractivity contribution is -0.138. The molecule has 0 aromatic heterocycles. The van der Waals surface area contributed by atoms with Crippen LogP contribution >= 0.6 is 0 Å². The summed E-state index contributed by atoms with van der Waals surface area (Å²) in [6.07, 6.45) is 5.20. The number of aliphatic carboxylic acids is 1. The van der Waals surface area contributed by atoms with Crippen molar-refractivity contribution in [1.29, 1.82) is 0 Å². The molecule has 6 rings (SSSR count). The molecule has 2 heterocycles. The van der Waals surface area contributed by atoms with Gasteiger partial charge in [0.25, 0.3) is 0 Å². The summed E-state index contributed by atoms with van der Waals surface area (Å²) in [6, 6.07) is 20.3. The van der Waals surface area contributed by atoms with Crippen LogP contribution in [0.1, 0.15) is 49.1 Å². The molecule has 3 aromatic rings. The van der Waals surface area contributed by atoms with Gasteiger partial charge in [-0.2, -0.15) is 0 Å². The highest BCUT2D eigenvalue weighted by molar-refractivity contribution is 6.03. The van der Waals surface area contributed by atoms with Gasteiger partial charge in [-0.3, -0.25) is 9.69 Å². The smallest absolute Gasteiger partial charge is 0.326 e. The number of rotatable bonds is 5. The van der Waals surface area contributed by atoms with Gasteiger partial charge in [-0.05, 0) is 90.5 Å². The zero-order valence-electron chi connectivity index (χ0n) is 20.6. The summed E-state index contributed by atoms with van der Waals surface area (Å²) in [5.74, 6) is 1.47. The number of carboxylic acids is 1. The minimum absolute atomic E-state index is 0.159. The Morgan fingerprint density at radius 1 is 0.892 bits per heavy atom. The van der Waals surface area contributed by atoms with Gasteiger partial charge in [0, 0.05) is 30.4 Å². The second-order valence-electron chi connectivity index (χ2n) is 10.2. The monoisotopic (exact) mass is 498 g/mol. The molecule has 37 heavy (non-hydrogen) atoms. The van der Waals surface area contributed by atoms with E-state index in [9.17, 15) is 9.59 Å². The third kappa shape index (κ3) is 4.86. The van der Waals surface area contributed by atoms with Crippen LogP contribution in [0.4, 0.5) is 16.2 Å². The largest absolute Gasteiger partial charge is 0.481 e. The molecule has 0 radical (unpaired) electrons. The van der Waals surface area contributed by atoms with Crippen molar-refractivity contribution < 1.29 is 24.2 Å². The van der Waals surface area contributed by atoms with E-state index in [0.29, 0.717) is 42.0 Å². The molecule has 2 amide bonds. The minimum atomic E-state index is -0.685. The predicted octanol–water partition coefficient (Wildman–Crippen LogP) is 6.43. The zero-order chi connectivity index (χ0) is 25.4. The van der Waals surface area contributed by atoms with E-state index in [2.05, 4.69) is 41.7 Å². The number of anilines is 2.